The van der Waals surface area contributed by atoms with Crippen molar-refractivity contribution >= 4 is 34.5 Å². The van der Waals surface area contributed by atoms with Crippen molar-refractivity contribution in [3.8, 4) is 11.8 Å². The highest BCUT2D eigenvalue weighted by Crippen LogP contribution is 2.21. The quantitative estimate of drug-likeness (QED) is 0.251. The molecule has 0 saturated heterocycles. The van der Waals surface area contributed by atoms with E-state index in [1.54, 1.807) is 36.4 Å². The van der Waals surface area contributed by atoms with Crippen LogP contribution in [0.4, 0.5) is 5.69 Å². The minimum Gasteiger partial charge on any atom is -0.483 e. The van der Waals surface area contributed by atoms with Gasteiger partial charge in [0.1, 0.15) is 17.4 Å². The summed E-state index contributed by atoms with van der Waals surface area (Å²) in [5.74, 6) is -0.385. The maximum Gasteiger partial charge on any atom is 0.262 e. The molecule has 35 heavy (non-hydrogen) atoms. The molecular formula is C28H24N4O3. The van der Waals surface area contributed by atoms with Gasteiger partial charge in [0, 0.05) is 34.9 Å². The van der Waals surface area contributed by atoms with Crippen LogP contribution in [0.15, 0.2) is 90.6 Å². The van der Waals surface area contributed by atoms with E-state index in [1.807, 2.05) is 54.7 Å². The lowest BCUT2D eigenvalue weighted by molar-refractivity contribution is -0.118. The van der Waals surface area contributed by atoms with Crippen LogP contribution in [0.25, 0.3) is 17.0 Å². The maximum atomic E-state index is 12.6. The Hall–Kier alpha value is -4.83. The third kappa shape index (κ3) is 6.15. The summed E-state index contributed by atoms with van der Waals surface area (Å²) in [6, 6.07) is 25.9. The van der Waals surface area contributed by atoms with Gasteiger partial charge in [-0.15, -0.1) is 0 Å². The van der Waals surface area contributed by atoms with Crippen molar-refractivity contribution in [3.63, 3.8) is 0 Å². The Balaban J connectivity index is 1.36. The SMILES string of the molecule is N#C/C(=C/c1ccccc1OCC(=O)Nc1ccccc1)C(=O)NCCc1c[nH]c2ccccc12. The Morgan fingerprint density at radius 1 is 0.971 bits per heavy atom. The van der Waals surface area contributed by atoms with Gasteiger partial charge in [-0.25, -0.2) is 0 Å². The first-order valence-corrected chi connectivity index (χ1v) is 11.2. The van der Waals surface area contributed by atoms with Gasteiger partial charge in [-0.2, -0.15) is 5.26 Å². The molecule has 1 aromatic heterocycles. The molecule has 0 radical (unpaired) electrons. The van der Waals surface area contributed by atoms with Crippen LogP contribution in [-0.4, -0.2) is 29.9 Å². The number of rotatable bonds is 9. The molecule has 0 fully saturated rings. The number of amides is 2. The number of nitriles is 1. The van der Waals surface area contributed by atoms with Gasteiger partial charge in [0.05, 0.1) is 0 Å². The zero-order chi connectivity index (χ0) is 24.5. The third-order valence-corrected chi connectivity index (χ3v) is 5.36. The molecule has 0 aliphatic rings. The normalized spacial score (nSPS) is 11.0. The molecule has 2 amide bonds. The molecule has 3 N–H and O–H groups in total. The Bertz CT molecular complexity index is 1400. The van der Waals surface area contributed by atoms with Crippen molar-refractivity contribution in [2.45, 2.75) is 6.42 Å². The van der Waals surface area contributed by atoms with E-state index in [4.69, 9.17) is 4.74 Å². The molecule has 174 valence electrons. The number of H-pyrrole nitrogens is 1. The molecule has 0 unspecified atom stereocenters. The average Bonchev–Trinajstić information content (AvgIpc) is 3.30. The van der Waals surface area contributed by atoms with Crippen LogP contribution in [0.5, 0.6) is 5.75 Å². The average molecular weight is 465 g/mol. The molecule has 4 aromatic rings. The largest absolute Gasteiger partial charge is 0.483 e. The van der Waals surface area contributed by atoms with E-state index in [2.05, 4.69) is 15.6 Å². The van der Waals surface area contributed by atoms with Crippen LogP contribution in [0.1, 0.15) is 11.1 Å². The van der Waals surface area contributed by atoms with Crippen LogP contribution in [0, 0.1) is 11.3 Å². The molecule has 1 heterocycles. The van der Waals surface area contributed by atoms with Gasteiger partial charge in [-0.3, -0.25) is 9.59 Å². The van der Waals surface area contributed by atoms with E-state index in [-0.39, 0.29) is 18.1 Å². The van der Waals surface area contributed by atoms with Crippen molar-refractivity contribution in [1.29, 1.82) is 5.26 Å². The lowest BCUT2D eigenvalue weighted by atomic mass is 10.1. The molecule has 0 spiro atoms. The Kier molecular flexibility index (Phi) is 7.56. The highest BCUT2D eigenvalue weighted by atomic mass is 16.5. The summed E-state index contributed by atoms with van der Waals surface area (Å²) in [5, 5.41) is 16.2. The summed E-state index contributed by atoms with van der Waals surface area (Å²) >= 11 is 0. The second kappa shape index (κ2) is 11.3. The zero-order valence-corrected chi connectivity index (χ0v) is 19.0. The van der Waals surface area contributed by atoms with Crippen LogP contribution < -0.4 is 15.4 Å². The summed E-state index contributed by atoms with van der Waals surface area (Å²) in [5.41, 5.74) is 3.29. The standard InChI is InChI=1S/C28H24N4O3/c29-17-22(28(34)30-15-14-21-18-31-25-12-6-5-11-24(21)25)16-20-8-4-7-13-26(20)35-19-27(33)32-23-9-2-1-3-10-23/h1-13,16,18,31H,14-15,19H2,(H,30,34)(H,32,33)/b22-16-. The highest BCUT2D eigenvalue weighted by molar-refractivity contribution is 6.02. The number of nitrogens with zero attached hydrogens (tertiary/aromatic N) is 1. The number of aromatic amines is 1. The molecule has 0 bridgehead atoms. The fourth-order valence-electron chi connectivity index (χ4n) is 3.64. The molecule has 0 aliphatic carbocycles. The van der Waals surface area contributed by atoms with Crippen LogP contribution >= 0.6 is 0 Å². The summed E-state index contributed by atoms with van der Waals surface area (Å²) in [6.07, 6.45) is 4.02. The fraction of sp³-hybridized carbons (Fsp3) is 0.107. The van der Waals surface area contributed by atoms with Crippen LogP contribution in [0.2, 0.25) is 0 Å². The van der Waals surface area contributed by atoms with Gasteiger partial charge < -0.3 is 20.4 Å². The third-order valence-electron chi connectivity index (χ3n) is 5.36. The molecule has 3 aromatic carbocycles. The smallest absolute Gasteiger partial charge is 0.262 e. The van der Waals surface area contributed by atoms with Gasteiger partial charge in [0.15, 0.2) is 6.61 Å². The second-order valence-corrected chi connectivity index (χ2v) is 7.78. The second-order valence-electron chi connectivity index (χ2n) is 7.78. The topological polar surface area (TPSA) is 107 Å². The lowest BCUT2D eigenvalue weighted by Crippen LogP contribution is -2.26. The summed E-state index contributed by atoms with van der Waals surface area (Å²) in [4.78, 5) is 28.1. The van der Waals surface area contributed by atoms with Gasteiger partial charge in [0.2, 0.25) is 0 Å². The molecule has 0 saturated carbocycles. The zero-order valence-electron chi connectivity index (χ0n) is 19.0. The van der Waals surface area contributed by atoms with Crippen LogP contribution in [-0.2, 0) is 16.0 Å². The Labute approximate surface area is 203 Å². The summed E-state index contributed by atoms with van der Waals surface area (Å²) in [7, 11) is 0. The highest BCUT2D eigenvalue weighted by Gasteiger charge is 2.12. The summed E-state index contributed by atoms with van der Waals surface area (Å²) < 4.78 is 5.67. The number of aromatic nitrogens is 1. The predicted octanol–water partition coefficient (Wildman–Crippen LogP) is 4.45. The Morgan fingerprint density at radius 3 is 2.54 bits per heavy atom. The number of hydrogen-bond donors (Lipinski definition) is 3. The number of carbonyl (C=O) groups excluding carboxylic acids is 2. The molecular weight excluding hydrogens is 440 g/mol. The van der Waals surface area contributed by atoms with Crippen molar-refractivity contribution < 1.29 is 14.3 Å². The predicted molar refractivity (Wildman–Crippen MR) is 136 cm³/mol. The first kappa shape index (κ1) is 23.3. The number of para-hydroxylation sites is 3. The molecule has 7 heteroatoms. The number of ether oxygens (including phenoxy) is 1. The van der Waals surface area contributed by atoms with Crippen molar-refractivity contribution in [2.75, 3.05) is 18.5 Å². The van der Waals surface area contributed by atoms with Crippen molar-refractivity contribution in [2.24, 2.45) is 0 Å². The van der Waals surface area contributed by atoms with Crippen molar-refractivity contribution in [3.05, 3.63) is 102 Å². The van der Waals surface area contributed by atoms with E-state index in [1.165, 1.54) is 6.08 Å². The first-order valence-electron chi connectivity index (χ1n) is 11.2. The van der Waals surface area contributed by atoms with Crippen molar-refractivity contribution in [1.82, 2.24) is 10.3 Å². The van der Waals surface area contributed by atoms with Gasteiger partial charge in [-0.05, 0) is 42.3 Å². The van der Waals surface area contributed by atoms with Gasteiger partial charge in [0.25, 0.3) is 11.8 Å². The summed E-state index contributed by atoms with van der Waals surface area (Å²) in [6.45, 7) is 0.177. The van der Waals surface area contributed by atoms with Crippen LogP contribution in [0.3, 0.4) is 0 Å². The maximum absolute atomic E-state index is 12.6. The molecule has 7 nitrogen and oxygen atoms in total. The van der Waals surface area contributed by atoms with Gasteiger partial charge in [-0.1, -0.05) is 54.6 Å². The minimum atomic E-state index is -0.469. The van der Waals surface area contributed by atoms with E-state index >= 15 is 0 Å². The number of carbonyl (C=O) groups is 2. The Morgan fingerprint density at radius 2 is 1.71 bits per heavy atom. The van der Waals surface area contributed by atoms with E-state index in [0.717, 1.165) is 16.5 Å². The monoisotopic (exact) mass is 464 g/mol. The van der Waals surface area contributed by atoms with Gasteiger partial charge >= 0.3 is 0 Å². The molecule has 0 atom stereocenters. The van der Waals surface area contributed by atoms with E-state index < -0.39 is 5.91 Å². The molecule has 4 rings (SSSR count). The minimum absolute atomic E-state index is 0.0475. The molecule has 0 aliphatic heterocycles. The van der Waals surface area contributed by atoms with E-state index in [0.29, 0.717) is 30.0 Å². The number of hydrogen-bond acceptors (Lipinski definition) is 4. The number of anilines is 1. The first-order chi connectivity index (χ1) is 17.1. The van der Waals surface area contributed by atoms with E-state index in [9.17, 15) is 14.9 Å². The number of nitrogens with one attached hydrogen (secondary N) is 3. The number of benzene rings is 3. The fourth-order valence-corrected chi connectivity index (χ4v) is 3.64. The lowest BCUT2D eigenvalue weighted by Gasteiger charge is -2.10. The number of fused-ring (bicyclic) bond motifs is 1.